The molecule has 6 nitrogen and oxygen atoms in total. The van der Waals surface area contributed by atoms with Crippen molar-refractivity contribution in [2.45, 2.75) is 17.7 Å². The van der Waals surface area contributed by atoms with Gasteiger partial charge in [-0.25, -0.2) is 17.5 Å². The molecule has 0 heterocycles. The van der Waals surface area contributed by atoms with Crippen LogP contribution in [0.25, 0.3) is 0 Å². The van der Waals surface area contributed by atoms with Crippen molar-refractivity contribution in [2.75, 3.05) is 12.3 Å². The molecule has 1 amide bonds. The maximum atomic E-state index is 13.1. The third-order valence-corrected chi connectivity index (χ3v) is 3.71. The second kappa shape index (κ2) is 5.78. The molecule has 8 heteroatoms. The van der Waals surface area contributed by atoms with Gasteiger partial charge in [0.25, 0.3) is 0 Å². The first-order valence-electron chi connectivity index (χ1n) is 5.16. The highest BCUT2D eigenvalue weighted by Crippen LogP contribution is 2.20. The number of carbonyl (C=O) groups excluding carboxylic acids is 1. The molecule has 0 aliphatic carbocycles. The van der Waals surface area contributed by atoms with Crippen LogP contribution in [0.3, 0.4) is 0 Å². The van der Waals surface area contributed by atoms with Gasteiger partial charge < -0.3 is 11.5 Å². The van der Waals surface area contributed by atoms with E-state index in [0.717, 1.165) is 6.07 Å². The van der Waals surface area contributed by atoms with Gasteiger partial charge in [0.05, 0.1) is 5.69 Å². The van der Waals surface area contributed by atoms with E-state index in [0.29, 0.717) is 0 Å². The fourth-order valence-electron chi connectivity index (χ4n) is 1.30. The van der Waals surface area contributed by atoms with Crippen LogP contribution in [0.15, 0.2) is 23.1 Å². The molecular weight excluding hydrogens is 261 g/mol. The molecule has 1 aromatic rings. The molecule has 0 aliphatic heterocycles. The summed E-state index contributed by atoms with van der Waals surface area (Å²) in [7, 11) is -3.88. The lowest BCUT2D eigenvalue weighted by atomic mass is 10.3. The minimum atomic E-state index is -3.88. The van der Waals surface area contributed by atoms with Crippen LogP contribution in [0, 0.1) is 5.82 Å². The largest absolute Gasteiger partial charge is 0.395 e. The molecule has 0 aromatic heterocycles. The normalized spacial score (nSPS) is 11.4. The Morgan fingerprint density at radius 3 is 2.67 bits per heavy atom. The summed E-state index contributed by atoms with van der Waals surface area (Å²) >= 11 is 0. The number of primary amides is 1. The lowest BCUT2D eigenvalue weighted by molar-refractivity contribution is -0.118. The number of halogens is 1. The first-order valence-corrected chi connectivity index (χ1v) is 6.65. The number of nitrogen functional groups attached to an aromatic ring is 1. The molecule has 100 valence electrons. The number of rotatable bonds is 6. The highest BCUT2D eigenvalue weighted by Gasteiger charge is 2.18. The lowest BCUT2D eigenvalue weighted by Gasteiger charge is -2.08. The first-order chi connectivity index (χ1) is 8.34. The fourth-order valence-corrected chi connectivity index (χ4v) is 2.51. The van der Waals surface area contributed by atoms with E-state index in [4.69, 9.17) is 11.5 Å². The summed E-state index contributed by atoms with van der Waals surface area (Å²) < 4.78 is 38.9. The van der Waals surface area contributed by atoms with E-state index >= 15 is 0 Å². The molecule has 18 heavy (non-hydrogen) atoms. The number of nitrogens with two attached hydrogens (primary N) is 2. The smallest absolute Gasteiger partial charge is 0.242 e. The summed E-state index contributed by atoms with van der Waals surface area (Å²) in [5, 5.41) is 0. The van der Waals surface area contributed by atoms with Crippen molar-refractivity contribution in [2.24, 2.45) is 5.73 Å². The number of amides is 1. The van der Waals surface area contributed by atoms with E-state index in [1.165, 1.54) is 12.1 Å². The highest BCUT2D eigenvalue weighted by atomic mass is 32.2. The molecule has 0 radical (unpaired) electrons. The maximum Gasteiger partial charge on any atom is 0.242 e. The Morgan fingerprint density at radius 2 is 2.06 bits per heavy atom. The Morgan fingerprint density at radius 1 is 1.39 bits per heavy atom. The van der Waals surface area contributed by atoms with Gasteiger partial charge in [-0.05, 0) is 18.6 Å². The van der Waals surface area contributed by atoms with Crippen LogP contribution in [0.4, 0.5) is 10.1 Å². The standard InChI is InChI=1S/C10H14FN3O3S/c11-7-3-1-4-8(10(7)13)18(16,17)14-6-2-5-9(12)15/h1,3-4,14H,2,5-6,13H2,(H2,12,15). The minimum absolute atomic E-state index is 0.0290. The summed E-state index contributed by atoms with van der Waals surface area (Å²) in [5.41, 5.74) is 9.83. The molecule has 0 bridgehead atoms. The van der Waals surface area contributed by atoms with Crippen LogP contribution < -0.4 is 16.2 Å². The quantitative estimate of drug-likeness (QED) is 0.498. The third-order valence-electron chi connectivity index (χ3n) is 2.19. The van der Waals surface area contributed by atoms with Gasteiger partial charge in [-0.2, -0.15) is 0 Å². The number of carbonyl (C=O) groups is 1. The van der Waals surface area contributed by atoms with Gasteiger partial charge in [-0.1, -0.05) is 6.07 Å². The summed E-state index contributed by atoms with van der Waals surface area (Å²) in [4.78, 5) is 10.1. The fraction of sp³-hybridized carbons (Fsp3) is 0.300. The SMILES string of the molecule is NC(=O)CCCNS(=O)(=O)c1cccc(F)c1N. The number of benzene rings is 1. The van der Waals surface area contributed by atoms with Gasteiger partial charge in [0.2, 0.25) is 15.9 Å². The van der Waals surface area contributed by atoms with E-state index < -0.39 is 27.4 Å². The molecule has 0 saturated heterocycles. The first kappa shape index (κ1) is 14.4. The van der Waals surface area contributed by atoms with Crippen molar-refractivity contribution in [1.82, 2.24) is 4.72 Å². The van der Waals surface area contributed by atoms with Crippen molar-refractivity contribution < 1.29 is 17.6 Å². The topological polar surface area (TPSA) is 115 Å². The number of nitrogens with one attached hydrogen (secondary N) is 1. The lowest BCUT2D eigenvalue weighted by Crippen LogP contribution is -2.26. The van der Waals surface area contributed by atoms with Crippen molar-refractivity contribution in [3.63, 3.8) is 0 Å². The van der Waals surface area contributed by atoms with Gasteiger partial charge in [0, 0.05) is 13.0 Å². The van der Waals surface area contributed by atoms with Crippen LogP contribution >= 0.6 is 0 Å². The van der Waals surface area contributed by atoms with E-state index in [9.17, 15) is 17.6 Å². The van der Waals surface area contributed by atoms with Crippen LogP contribution in [0.2, 0.25) is 0 Å². The van der Waals surface area contributed by atoms with E-state index in [2.05, 4.69) is 4.72 Å². The zero-order chi connectivity index (χ0) is 13.8. The Kier molecular flexibility index (Phi) is 4.62. The number of sulfonamides is 1. The van der Waals surface area contributed by atoms with Crippen LogP contribution in [0.5, 0.6) is 0 Å². The summed E-state index contributed by atoms with van der Waals surface area (Å²) in [6.45, 7) is 0.0290. The second-order valence-corrected chi connectivity index (χ2v) is 5.35. The van der Waals surface area contributed by atoms with E-state index in [1.807, 2.05) is 0 Å². The molecule has 5 N–H and O–H groups in total. The van der Waals surface area contributed by atoms with Crippen LogP contribution in [-0.2, 0) is 14.8 Å². The number of para-hydroxylation sites is 1. The highest BCUT2D eigenvalue weighted by molar-refractivity contribution is 7.89. The van der Waals surface area contributed by atoms with Gasteiger partial charge >= 0.3 is 0 Å². The molecule has 0 spiro atoms. The minimum Gasteiger partial charge on any atom is -0.395 e. The van der Waals surface area contributed by atoms with Crippen molar-refractivity contribution in [3.05, 3.63) is 24.0 Å². The molecular formula is C10H14FN3O3S. The maximum absolute atomic E-state index is 13.1. The summed E-state index contributed by atoms with van der Waals surface area (Å²) in [6, 6.07) is 3.53. The van der Waals surface area contributed by atoms with Crippen LogP contribution in [0.1, 0.15) is 12.8 Å². The average molecular weight is 275 g/mol. The van der Waals surface area contributed by atoms with Crippen molar-refractivity contribution in [1.29, 1.82) is 0 Å². The van der Waals surface area contributed by atoms with Gasteiger partial charge in [0.15, 0.2) is 0 Å². The molecule has 0 fully saturated rings. The Bertz CT molecular complexity index is 545. The Labute approximate surface area is 104 Å². The second-order valence-electron chi connectivity index (χ2n) is 3.62. The average Bonchev–Trinajstić information content (AvgIpc) is 2.28. The Balaban J connectivity index is 2.75. The zero-order valence-corrected chi connectivity index (χ0v) is 10.3. The molecule has 0 saturated carbocycles. The predicted octanol–water partition coefficient (Wildman–Crippen LogP) is -0.0483. The Hall–Kier alpha value is -1.67. The van der Waals surface area contributed by atoms with Crippen LogP contribution in [-0.4, -0.2) is 20.9 Å². The van der Waals surface area contributed by atoms with E-state index in [1.54, 1.807) is 0 Å². The molecule has 0 aliphatic rings. The molecule has 0 atom stereocenters. The monoisotopic (exact) mass is 275 g/mol. The summed E-state index contributed by atoms with van der Waals surface area (Å²) in [6.07, 6.45) is 0.338. The molecule has 1 aromatic carbocycles. The molecule has 0 unspecified atom stereocenters. The number of hydrogen-bond acceptors (Lipinski definition) is 4. The van der Waals surface area contributed by atoms with Crippen molar-refractivity contribution >= 4 is 21.6 Å². The van der Waals surface area contributed by atoms with E-state index in [-0.39, 0.29) is 24.3 Å². The number of anilines is 1. The van der Waals surface area contributed by atoms with Gasteiger partial charge in [-0.3, -0.25) is 4.79 Å². The van der Waals surface area contributed by atoms with Gasteiger partial charge in [0.1, 0.15) is 10.7 Å². The molecule has 1 rings (SSSR count). The zero-order valence-electron chi connectivity index (χ0n) is 9.52. The van der Waals surface area contributed by atoms with Gasteiger partial charge in [-0.15, -0.1) is 0 Å². The third kappa shape index (κ3) is 3.67. The predicted molar refractivity (Wildman–Crippen MR) is 64.4 cm³/mol. The summed E-state index contributed by atoms with van der Waals surface area (Å²) in [5.74, 6) is -1.31. The van der Waals surface area contributed by atoms with Crippen molar-refractivity contribution in [3.8, 4) is 0 Å². The number of hydrogen-bond donors (Lipinski definition) is 3.